The molecule has 2 aromatic rings. The Bertz CT molecular complexity index is 880. The van der Waals surface area contributed by atoms with Crippen LogP contribution in [-0.2, 0) is 18.3 Å². The van der Waals surface area contributed by atoms with E-state index in [2.05, 4.69) is 15.5 Å². The van der Waals surface area contributed by atoms with Gasteiger partial charge < -0.3 is 20.1 Å². The van der Waals surface area contributed by atoms with Gasteiger partial charge in [-0.2, -0.15) is 10.2 Å². The number of carboxylic acids is 1. The lowest BCUT2D eigenvalue weighted by Gasteiger charge is -2.27. The fraction of sp³-hybridized carbons (Fsp3) is 0.438. The molecule has 11 heteroatoms. The lowest BCUT2D eigenvalue weighted by atomic mass is 10.2. The van der Waals surface area contributed by atoms with Crippen LogP contribution in [0.5, 0.6) is 0 Å². The molecule has 144 valence electrons. The molecular weight excluding hydrogens is 356 g/mol. The summed E-state index contributed by atoms with van der Waals surface area (Å²) in [5, 5.41) is 19.7. The number of carbonyl (C=O) groups excluding carboxylic acids is 2. The van der Waals surface area contributed by atoms with Crippen LogP contribution in [0.15, 0.2) is 12.4 Å². The molecule has 2 aromatic heterocycles. The van der Waals surface area contributed by atoms with Gasteiger partial charge in [-0.05, 0) is 6.92 Å². The van der Waals surface area contributed by atoms with E-state index in [4.69, 9.17) is 4.74 Å². The molecule has 2 N–H and O–H groups in total. The first-order valence-electron chi connectivity index (χ1n) is 8.43. The molecule has 3 rings (SSSR count). The Morgan fingerprint density at radius 1 is 1.30 bits per heavy atom. The van der Waals surface area contributed by atoms with Gasteiger partial charge in [0, 0.05) is 32.9 Å². The first-order chi connectivity index (χ1) is 12.9. The minimum absolute atomic E-state index is 0.0981. The van der Waals surface area contributed by atoms with Crippen LogP contribution in [0.3, 0.4) is 0 Å². The summed E-state index contributed by atoms with van der Waals surface area (Å²) in [4.78, 5) is 38.4. The van der Waals surface area contributed by atoms with Crippen molar-refractivity contribution in [2.45, 2.75) is 13.5 Å². The van der Waals surface area contributed by atoms with E-state index in [-0.39, 0.29) is 28.5 Å². The van der Waals surface area contributed by atoms with Crippen molar-refractivity contribution in [3.63, 3.8) is 0 Å². The fourth-order valence-corrected chi connectivity index (χ4v) is 2.86. The average molecular weight is 376 g/mol. The van der Waals surface area contributed by atoms with E-state index in [1.54, 1.807) is 4.90 Å². The molecule has 0 saturated carbocycles. The van der Waals surface area contributed by atoms with Crippen molar-refractivity contribution in [3.05, 3.63) is 29.3 Å². The number of nitrogens with one attached hydrogen (secondary N) is 1. The Balaban J connectivity index is 1.89. The van der Waals surface area contributed by atoms with Crippen LogP contribution in [0.2, 0.25) is 0 Å². The van der Waals surface area contributed by atoms with Gasteiger partial charge in [0.05, 0.1) is 30.7 Å². The number of aromatic nitrogens is 4. The largest absolute Gasteiger partial charge is 0.476 e. The first kappa shape index (κ1) is 18.6. The van der Waals surface area contributed by atoms with E-state index < -0.39 is 11.9 Å². The molecule has 1 saturated heterocycles. The van der Waals surface area contributed by atoms with Crippen LogP contribution in [0, 0.1) is 0 Å². The summed E-state index contributed by atoms with van der Waals surface area (Å²) >= 11 is 0. The Hall–Kier alpha value is -3.21. The van der Waals surface area contributed by atoms with Gasteiger partial charge in [0.15, 0.2) is 5.69 Å². The second-order valence-electron chi connectivity index (χ2n) is 5.95. The minimum atomic E-state index is -1.31. The molecular formula is C16H20N6O5. The minimum Gasteiger partial charge on any atom is -0.476 e. The number of amides is 2. The highest BCUT2D eigenvalue weighted by Crippen LogP contribution is 2.20. The van der Waals surface area contributed by atoms with E-state index in [9.17, 15) is 19.5 Å². The van der Waals surface area contributed by atoms with Gasteiger partial charge in [-0.25, -0.2) is 4.79 Å². The van der Waals surface area contributed by atoms with Gasteiger partial charge in [0.1, 0.15) is 5.69 Å². The zero-order valence-corrected chi connectivity index (χ0v) is 15.0. The molecule has 2 amide bonds. The third-order valence-corrected chi connectivity index (χ3v) is 4.16. The van der Waals surface area contributed by atoms with Crippen LogP contribution in [0.25, 0.3) is 0 Å². The number of carbonyl (C=O) groups is 3. The Labute approximate surface area is 154 Å². The average Bonchev–Trinajstić information content (AvgIpc) is 3.25. The van der Waals surface area contributed by atoms with Crippen molar-refractivity contribution < 1.29 is 24.2 Å². The first-order valence-corrected chi connectivity index (χ1v) is 8.43. The van der Waals surface area contributed by atoms with Gasteiger partial charge in [0.2, 0.25) is 0 Å². The third kappa shape index (κ3) is 3.67. The van der Waals surface area contributed by atoms with Crippen molar-refractivity contribution in [2.24, 2.45) is 7.05 Å². The van der Waals surface area contributed by atoms with E-state index in [0.29, 0.717) is 32.8 Å². The number of aromatic carboxylic acids is 1. The van der Waals surface area contributed by atoms with Gasteiger partial charge in [-0.15, -0.1) is 0 Å². The van der Waals surface area contributed by atoms with E-state index in [1.165, 1.54) is 28.8 Å². The quantitative estimate of drug-likeness (QED) is 0.754. The van der Waals surface area contributed by atoms with Gasteiger partial charge in [-0.1, -0.05) is 0 Å². The number of aryl methyl sites for hydroxylation is 2. The molecule has 11 nitrogen and oxygen atoms in total. The zero-order valence-electron chi connectivity index (χ0n) is 15.0. The Morgan fingerprint density at radius 2 is 2.00 bits per heavy atom. The second-order valence-corrected chi connectivity index (χ2v) is 5.95. The van der Waals surface area contributed by atoms with E-state index >= 15 is 0 Å². The molecule has 0 bridgehead atoms. The number of morpholine rings is 1. The molecule has 0 radical (unpaired) electrons. The van der Waals surface area contributed by atoms with Crippen LogP contribution in [-0.4, -0.2) is 73.7 Å². The smallest absolute Gasteiger partial charge is 0.357 e. The molecule has 1 aliphatic heterocycles. The summed E-state index contributed by atoms with van der Waals surface area (Å²) in [6.07, 6.45) is 2.69. The van der Waals surface area contributed by atoms with E-state index in [0.717, 1.165) is 0 Å². The van der Waals surface area contributed by atoms with Crippen molar-refractivity contribution in [2.75, 3.05) is 31.6 Å². The maximum absolute atomic E-state index is 12.9. The van der Waals surface area contributed by atoms with Gasteiger partial charge >= 0.3 is 5.97 Å². The molecule has 3 heterocycles. The fourth-order valence-electron chi connectivity index (χ4n) is 2.86. The lowest BCUT2D eigenvalue weighted by Crippen LogP contribution is -2.41. The van der Waals surface area contributed by atoms with Crippen LogP contribution in [0.1, 0.15) is 38.3 Å². The summed E-state index contributed by atoms with van der Waals surface area (Å²) in [5.74, 6) is -2.25. The maximum atomic E-state index is 12.9. The van der Waals surface area contributed by atoms with Crippen molar-refractivity contribution in [1.29, 1.82) is 0 Å². The number of nitrogens with zero attached hydrogens (tertiary/aromatic N) is 5. The van der Waals surface area contributed by atoms with Crippen LogP contribution < -0.4 is 5.32 Å². The molecule has 1 fully saturated rings. The van der Waals surface area contributed by atoms with Gasteiger partial charge in [0.25, 0.3) is 11.8 Å². The third-order valence-electron chi connectivity index (χ3n) is 4.16. The summed E-state index contributed by atoms with van der Waals surface area (Å²) < 4.78 is 8.00. The molecule has 0 atom stereocenters. The highest BCUT2D eigenvalue weighted by molar-refractivity contribution is 6.12. The summed E-state index contributed by atoms with van der Waals surface area (Å²) in [5.41, 5.74) is 0.00464. The van der Waals surface area contributed by atoms with E-state index in [1.807, 2.05) is 6.92 Å². The number of rotatable bonds is 5. The van der Waals surface area contributed by atoms with Crippen LogP contribution >= 0.6 is 0 Å². The number of hydrogen-bond acceptors (Lipinski definition) is 6. The standard InChI is InChI=1S/C16H20N6O5/c1-3-22-13(15(24)21-4-6-27-7-5-21)11(8-17-22)18-14(23)10-9-20(2)19-12(10)16(25)26/h8-9H,3-7H2,1-2H3,(H,18,23)(H,25,26). The highest BCUT2D eigenvalue weighted by Gasteiger charge is 2.28. The van der Waals surface area contributed by atoms with Crippen LogP contribution in [0.4, 0.5) is 5.69 Å². The number of carboxylic acid groups (broad SMARTS) is 1. The predicted molar refractivity (Wildman–Crippen MR) is 92.7 cm³/mol. The number of ether oxygens (including phenoxy) is 1. The Kier molecular flexibility index (Phi) is 5.21. The molecule has 0 aliphatic carbocycles. The zero-order chi connectivity index (χ0) is 19.6. The normalized spacial score (nSPS) is 14.2. The monoisotopic (exact) mass is 376 g/mol. The summed E-state index contributed by atoms with van der Waals surface area (Å²) in [6, 6.07) is 0. The molecule has 0 aromatic carbocycles. The maximum Gasteiger partial charge on any atom is 0.357 e. The molecule has 0 unspecified atom stereocenters. The lowest BCUT2D eigenvalue weighted by molar-refractivity contribution is 0.0295. The van der Waals surface area contributed by atoms with Gasteiger partial charge in [-0.3, -0.25) is 19.0 Å². The predicted octanol–water partition coefficient (Wildman–Crippen LogP) is 0.0594. The number of hydrogen-bond donors (Lipinski definition) is 2. The van der Waals surface area contributed by atoms with Crippen molar-refractivity contribution in [1.82, 2.24) is 24.5 Å². The topological polar surface area (TPSA) is 132 Å². The SMILES string of the molecule is CCn1ncc(NC(=O)c2cn(C)nc2C(=O)O)c1C(=O)N1CCOCC1. The molecule has 0 spiro atoms. The van der Waals surface area contributed by atoms with Crippen molar-refractivity contribution in [3.8, 4) is 0 Å². The second kappa shape index (κ2) is 7.58. The summed E-state index contributed by atoms with van der Waals surface area (Å²) in [6.45, 7) is 4.07. The molecule has 1 aliphatic rings. The Morgan fingerprint density at radius 3 is 2.63 bits per heavy atom. The molecule has 27 heavy (non-hydrogen) atoms. The highest BCUT2D eigenvalue weighted by atomic mass is 16.5. The van der Waals surface area contributed by atoms with Crippen molar-refractivity contribution >= 4 is 23.5 Å². The summed E-state index contributed by atoms with van der Waals surface area (Å²) in [7, 11) is 1.52. The number of anilines is 1.